The maximum absolute atomic E-state index is 11.5. The van der Waals surface area contributed by atoms with E-state index >= 15 is 0 Å². The van der Waals surface area contributed by atoms with E-state index in [1.807, 2.05) is 0 Å². The molecule has 0 atom stereocenters. The minimum Gasteiger partial charge on any atom is -0.365 e. The molecule has 0 aromatic carbocycles. The highest BCUT2D eigenvalue weighted by atomic mass is 16.2. The molecule has 0 aliphatic heterocycles. The van der Waals surface area contributed by atoms with E-state index in [1.54, 1.807) is 24.4 Å². The van der Waals surface area contributed by atoms with Crippen LogP contribution in [0.5, 0.6) is 0 Å². The fourth-order valence-electron chi connectivity index (χ4n) is 1.44. The van der Waals surface area contributed by atoms with Crippen molar-refractivity contribution in [2.45, 2.75) is 0 Å². The second-order valence-electron chi connectivity index (χ2n) is 3.17. The van der Waals surface area contributed by atoms with Crippen LogP contribution in [0.4, 0.5) is 0 Å². The van der Waals surface area contributed by atoms with Gasteiger partial charge in [0, 0.05) is 18.5 Å². The van der Waals surface area contributed by atoms with Crippen molar-refractivity contribution in [2.24, 2.45) is 5.73 Å². The third-order valence-electron chi connectivity index (χ3n) is 2.13. The Kier molecular flexibility index (Phi) is 2.51. The number of nitrogens with one attached hydrogen (secondary N) is 1. The van der Waals surface area contributed by atoms with Gasteiger partial charge in [0.15, 0.2) is 5.43 Å². The molecule has 0 aliphatic rings. The van der Waals surface area contributed by atoms with Gasteiger partial charge in [0.1, 0.15) is 5.56 Å². The largest absolute Gasteiger partial charge is 0.365 e. The smallest absolute Gasteiger partial charge is 0.254 e. The van der Waals surface area contributed by atoms with Crippen molar-refractivity contribution in [1.82, 2.24) is 9.97 Å². The molecule has 0 fully saturated rings. The Balaban J connectivity index is 2.71. The first kappa shape index (κ1) is 10.1. The van der Waals surface area contributed by atoms with Crippen molar-refractivity contribution >= 4 is 5.91 Å². The summed E-state index contributed by atoms with van der Waals surface area (Å²) in [7, 11) is 0. The number of amides is 1. The Labute approximate surface area is 91.0 Å². The maximum Gasteiger partial charge on any atom is 0.254 e. The molecule has 3 N–H and O–H groups in total. The Morgan fingerprint density at radius 3 is 2.75 bits per heavy atom. The fraction of sp³-hybridized carbons (Fsp3) is 0. The highest BCUT2D eigenvalue weighted by Gasteiger charge is 2.14. The van der Waals surface area contributed by atoms with Crippen LogP contribution in [0.25, 0.3) is 11.4 Å². The van der Waals surface area contributed by atoms with Crippen LogP contribution in [0.15, 0.2) is 41.5 Å². The first-order valence-electron chi connectivity index (χ1n) is 4.63. The number of nitrogens with two attached hydrogens (primary N) is 1. The summed E-state index contributed by atoms with van der Waals surface area (Å²) in [6.07, 6.45) is 3.03. The third-order valence-corrected chi connectivity index (χ3v) is 2.13. The highest BCUT2D eigenvalue weighted by molar-refractivity contribution is 5.98. The van der Waals surface area contributed by atoms with Gasteiger partial charge in [-0.2, -0.15) is 0 Å². The molecule has 2 aromatic heterocycles. The van der Waals surface area contributed by atoms with Gasteiger partial charge in [0.2, 0.25) is 0 Å². The van der Waals surface area contributed by atoms with Crippen molar-refractivity contribution in [2.75, 3.05) is 0 Å². The lowest BCUT2D eigenvalue weighted by molar-refractivity contribution is 0.0999. The Morgan fingerprint density at radius 1 is 1.31 bits per heavy atom. The number of H-pyrrole nitrogens is 1. The van der Waals surface area contributed by atoms with Gasteiger partial charge in [-0.1, -0.05) is 6.07 Å². The van der Waals surface area contributed by atoms with Gasteiger partial charge in [0.25, 0.3) is 5.91 Å². The molecule has 0 bridgehead atoms. The lowest BCUT2D eigenvalue weighted by atomic mass is 10.1. The summed E-state index contributed by atoms with van der Waals surface area (Å²) < 4.78 is 0. The van der Waals surface area contributed by atoms with Crippen LogP contribution in [0, 0.1) is 0 Å². The number of carbonyl (C=O) groups is 1. The Morgan fingerprint density at radius 2 is 2.12 bits per heavy atom. The zero-order valence-corrected chi connectivity index (χ0v) is 8.31. The number of aromatic amines is 1. The summed E-state index contributed by atoms with van der Waals surface area (Å²) in [4.78, 5) is 29.6. The van der Waals surface area contributed by atoms with E-state index in [9.17, 15) is 9.59 Å². The van der Waals surface area contributed by atoms with E-state index < -0.39 is 11.3 Å². The summed E-state index contributed by atoms with van der Waals surface area (Å²) in [6, 6.07) is 6.46. The number of nitrogens with zero attached hydrogens (tertiary/aromatic N) is 1. The third kappa shape index (κ3) is 1.70. The SMILES string of the molecule is NC(=O)c1c(-c2ccccn2)[nH]ccc1=O. The van der Waals surface area contributed by atoms with E-state index in [1.165, 1.54) is 12.3 Å². The topological polar surface area (TPSA) is 88.8 Å². The minimum atomic E-state index is -0.762. The number of aromatic nitrogens is 2. The van der Waals surface area contributed by atoms with E-state index in [-0.39, 0.29) is 5.56 Å². The number of rotatable bonds is 2. The van der Waals surface area contributed by atoms with E-state index in [0.29, 0.717) is 11.4 Å². The van der Waals surface area contributed by atoms with E-state index in [4.69, 9.17) is 5.73 Å². The lowest BCUT2D eigenvalue weighted by Crippen LogP contribution is -2.23. The second-order valence-corrected chi connectivity index (χ2v) is 3.17. The molecular formula is C11H9N3O2. The summed E-state index contributed by atoms with van der Waals surface area (Å²) in [6.45, 7) is 0. The van der Waals surface area contributed by atoms with Crippen molar-refractivity contribution in [3.8, 4) is 11.4 Å². The number of hydrogen-bond acceptors (Lipinski definition) is 3. The van der Waals surface area contributed by atoms with Crippen molar-refractivity contribution in [1.29, 1.82) is 0 Å². The van der Waals surface area contributed by atoms with Crippen LogP contribution >= 0.6 is 0 Å². The van der Waals surface area contributed by atoms with Gasteiger partial charge in [0.05, 0.1) is 11.4 Å². The molecule has 0 unspecified atom stereocenters. The monoisotopic (exact) mass is 215 g/mol. The number of pyridine rings is 2. The van der Waals surface area contributed by atoms with Crippen LogP contribution in [0.3, 0.4) is 0 Å². The van der Waals surface area contributed by atoms with Crippen LogP contribution in [-0.4, -0.2) is 15.9 Å². The molecule has 2 heterocycles. The maximum atomic E-state index is 11.5. The first-order chi connectivity index (χ1) is 7.70. The molecule has 80 valence electrons. The lowest BCUT2D eigenvalue weighted by Gasteiger charge is -2.04. The van der Waals surface area contributed by atoms with Crippen LogP contribution in [0.2, 0.25) is 0 Å². The number of hydrogen-bond donors (Lipinski definition) is 2. The molecule has 0 radical (unpaired) electrons. The summed E-state index contributed by atoms with van der Waals surface area (Å²) in [5, 5.41) is 0. The average Bonchev–Trinajstić information content (AvgIpc) is 2.29. The average molecular weight is 215 g/mol. The Bertz CT molecular complexity index is 575. The van der Waals surface area contributed by atoms with E-state index in [0.717, 1.165) is 0 Å². The van der Waals surface area contributed by atoms with Gasteiger partial charge in [-0.3, -0.25) is 14.6 Å². The van der Waals surface area contributed by atoms with Gasteiger partial charge >= 0.3 is 0 Å². The molecule has 0 spiro atoms. The predicted molar refractivity (Wildman–Crippen MR) is 58.8 cm³/mol. The second kappa shape index (κ2) is 3.98. The molecule has 0 saturated carbocycles. The molecular weight excluding hydrogens is 206 g/mol. The molecule has 5 nitrogen and oxygen atoms in total. The molecule has 1 amide bonds. The van der Waals surface area contributed by atoms with Crippen molar-refractivity contribution < 1.29 is 4.79 Å². The van der Waals surface area contributed by atoms with Crippen LogP contribution < -0.4 is 11.2 Å². The Hall–Kier alpha value is -2.43. The molecule has 0 aliphatic carbocycles. The van der Waals surface area contributed by atoms with E-state index in [2.05, 4.69) is 9.97 Å². The zero-order chi connectivity index (χ0) is 11.5. The number of primary amides is 1. The molecule has 2 aromatic rings. The van der Waals surface area contributed by atoms with Gasteiger partial charge in [-0.05, 0) is 12.1 Å². The molecule has 5 heteroatoms. The standard InChI is InChI=1S/C11H9N3O2/c12-11(16)9-8(15)4-6-14-10(9)7-3-1-2-5-13-7/h1-6H,(H2,12,16)(H,14,15). The zero-order valence-electron chi connectivity index (χ0n) is 8.31. The highest BCUT2D eigenvalue weighted by Crippen LogP contribution is 2.14. The normalized spacial score (nSPS) is 10.0. The number of carbonyl (C=O) groups excluding carboxylic acids is 1. The van der Waals surface area contributed by atoms with Crippen molar-refractivity contribution in [3.05, 3.63) is 52.4 Å². The van der Waals surface area contributed by atoms with Crippen LogP contribution in [0.1, 0.15) is 10.4 Å². The minimum absolute atomic E-state index is 0.0683. The molecule has 2 rings (SSSR count). The van der Waals surface area contributed by atoms with Gasteiger partial charge in [-0.25, -0.2) is 0 Å². The summed E-state index contributed by atoms with van der Waals surface area (Å²) in [5.74, 6) is -0.762. The van der Waals surface area contributed by atoms with Gasteiger partial charge < -0.3 is 10.7 Å². The summed E-state index contributed by atoms with van der Waals surface area (Å²) in [5.41, 5.74) is 5.54. The molecule has 16 heavy (non-hydrogen) atoms. The summed E-state index contributed by atoms with van der Waals surface area (Å²) >= 11 is 0. The van der Waals surface area contributed by atoms with Crippen LogP contribution in [-0.2, 0) is 0 Å². The predicted octanol–water partition coefficient (Wildman–Crippen LogP) is 0.536. The quantitative estimate of drug-likeness (QED) is 0.766. The first-order valence-corrected chi connectivity index (χ1v) is 4.63. The van der Waals surface area contributed by atoms with Gasteiger partial charge in [-0.15, -0.1) is 0 Å². The fourth-order valence-corrected chi connectivity index (χ4v) is 1.44. The molecule has 0 saturated heterocycles. The van der Waals surface area contributed by atoms with Crippen molar-refractivity contribution in [3.63, 3.8) is 0 Å².